The van der Waals surface area contributed by atoms with E-state index in [1.54, 1.807) is 7.11 Å². The highest BCUT2D eigenvalue weighted by Gasteiger charge is 2.04. The summed E-state index contributed by atoms with van der Waals surface area (Å²) in [5.74, 6) is 0. The van der Waals surface area contributed by atoms with Gasteiger partial charge in [-0.15, -0.1) is 11.6 Å². The van der Waals surface area contributed by atoms with Gasteiger partial charge in [0.2, 0.25) is 0 Å². The van der Waals surface area contributed by atoms with Crippen molar-refractivity contribution in [2.45, 2.75) is 18.8 Å². The minimum absolute atomic E-state index is 0.00535. The molecule has 4 heteroatoms. The van der Waals surface area contributed by atoms with E-state index in [-0.39, 0.29) is 5.38 Å². The SMILES string of the molecule is COCC(Cl)CNCc1ccc(C)cc1Cl. The zero-order valence-electron chi connectivity index (χ0n) is 9.59. The number of aryl methyl sites for hydroxylation is 1. The molecule has 0 amide bonds. The molecular weight excluding hydrogens is 245 g/mol. The number of methoxy groups -OCH3 is 1. The molecule has 90 valence electrons. The van der Waals surface area contributed by atoms with Crippen molar-refractivity contribution in [2.75, 3.05) is 20.3 Å². The molecule has 0 saturated carbocycles. The van der Waals surface area contributed by atoms with Crippen LogP contribution in [0, 0.1) is 6.92 Å². The lowest BCUT2D eigenvalue weighted by atomic mass is 10.1. The molecule has 0 heterocycles. The number of alkyl halides is 1. The van der Waals surface area contributed by atoms with Gasteiger partial charge in [0.15, 0.2) is 0 Å². The van der Waals surface area contributed by atoms with Gasteiger partial charge in [-0.2, -0.15) is 0 Å². The first kappa shape index (κ1) is 13.8. The Morgan fingerprint density at radius 3 is 2.81 bits per heavy atom. The summed E-state index contributed by atoms with van der Waals surface area (Å²) >= 11 is 12.1. The molecule has 0 aromatic heterocycles. The third-order valence-corrected chi connectivity index (χ3v) is 2.87. The topological polar surface area (TPSA) is 21.3 Å². The van der Waals surface area contributed by atoms with Gasteiger partial charge in [0.1, 0.15) is 0 Å². The van der Waals surface area contributed by atoms with Crippen molar-refractivity contribution in [2.24, 2.45) is 0 Å². The van der Waals surface area contributed by atoms with Gasteiger partial charge in [-0.1, -0.05) is 23.7 Å². The Hall–Kier alpha value is -0.280. The summed E-state index contributed by atoms with van der Waals surface area (Å²) in [6.45, 7) is 4.01. The highest BCUT2D eigenvalue weighted by Crippen LogP contribution is 2.17. The molecule has 1 atom stereocenters. The van der Waals surface area contributed by atoms with Gasteiger partial charge in [0.25, 0.3) is 0 Å². The maximum absolute atomic E-state index is 6.11. The monoisotopic (exact) mass is 261 g/mol. The molecule has 0 saturated heterocycles. The number of benzene rings is 1. The van der Waals surface area contributed by atoms with Gasteiger partial charge in [0.05, 0.1) is 12.0 Å². The molecule has 1 N–H and O–H groups in total. The molecule has 1 aromatic carbocycles. The van der Waals surface area contributed by atoms with E-state index in [9.17, 15) is 0 Å². The Balaban J connectivity index is 2.37. The second-order valence-electron chi connectivity index (χ2n) is 3.78. The number of nitrogens with one attached hydrogen (secondary N) is 1. The third kappa shape index (κ3) is 4.71. The van der Waals surface area contributed by atoms with E-state index < -0.39 is 0 Å². The van der Waals surface area contributed by atoms with Gasteiger partial charge in [-0.05, 0) is 24.1 Å². The van der Waals surface area contributed by atoms with Gasteiger partial charge in [-0.3, -0.25) is 0 Å². The van der Waals surface area contributed by atoms with Crippen LogP contribution in [0.3, 0.4) is 0 Å². The molecule has 0 fully saturated rings. The van der Waals surface area contributed by atoms with Gasteiger partial charge < -0.3 is 10.1 Å². The molecule has 0 aliphatic carbocycles. The van der Waals surface area contributed by atoms with Crippen molar-refractivity contribution in [1.29, 1.82) is 0 Å². The lowest BCUT2D eigenvalue weighted by Crippen LogP contribution is -2.25. The van der Waals surface area contributed by atoms with Crippen LogP contribution >= 0.6 is 23.2 Å². The minimum atomic E-state index is -0.00535. The molecular formula is C12H17Cl2NO. The van der Waals surface area contributed by atoms with Crippen LogP contribution in [0.1, 0.15) is 11.1 Å². The first-order chi connectivity index (χ1) is 7.63. The summed E-state index contributed by atoms with van der Waals surface area (Å²) in [6, 6.07) is 6.05. The van der Waals surface area contributed by atoms with Crippen LogP contribution < -0.4 is 5.32 Å². The first-order valence-corrected chi connectivity index (χ1v) is 6.03. The number of rotatable bonds is 6. The van der Waals surface area contributed by atoms with E-state index in [1.807, 2.05) is 19.1 Å². The summed E-state index contributed by atoms with van der Waals surface area (Å²) in [6.07, 6.45) is 0. The summed E-state index contributed by atoms with van der Waals surface area (Å²) in [5.41, 5.74) is 2.26. The Morgan fingerprint density at radius 2 is 2.19 bits per heavy atom. The number of hydrogen-bond donors (Lipinski definition) is 1. The van der Waals surface area contributed by atoms with Crippen LogP contribution in [0.4, 0.5) is 0 Å². The van der Waals surface area contributed by atoms with Gasteiger partial charge >= 0.3 is 0 Å². The van der Waals surface area contributed by atoms with E-state index in [2.05, 4.69) is 11.4 Å². The summed E-state index contributed by atoms with van der Waals surface area (Å²) < 4.78 is 4.95. The standard InChI is InChI=1S/C12H17Cl2NO/c1-9-3-4-10(12(14)5-9)6-15-7-11(13)8-16-2/h3-5,11,15H,6-8H2,1-2H3. The first-order valence-electron chi connectivity index (χ1n) is 5.22. The molecule has 1 rings (SSSR count). The van der Waals surface area contributed by atoms with E-state index in [0.717, 1.165) is 17.1 Å². The molecule has 0 spiro atoms. The second kappa shape index (κ2) is 7.13. The van der Waals surface area contributed by atoms with Crippen LogP contribution in [-0.2, 0) is 11.3 Å². The Bertz CT molecular complexity index is 331. The van der Waals surface area contributed by atoms with Crippen LogP contribution in [0.2, 0.25) is 5.02 Å². The van der Waals surface area contributed by atoms with Crippen LogP contribution in [0.5, 0.6) is 0 Å². The highest BCUT2D eigenvalue weighted by atomic mass is 35.5. The van der Waals surface area contributed by atoms with E-state index >= 15 is 0 Å². The van der Waals surface area contributed by atoms with Gasteiger partial charge in [0, 0.05) is 25.2 Å². The molecule has 2 nitrogen and oxygen atoms in total. The smallest absolute Gasteiger partial charge is 0.0694 e. The summed E-state index contributed by atoms with van der Waals surface area (Å²) in [5, 5.41) is 4.04. The molecule has 1 unspecified atom stereocenters. The maximum Gasteiger partial charge on any atom is 0.0694 e. The molecule has 0 radical (unpaired) electrons. The average molecular weight is 262 g/mol. The van der Waals surface area contributed by atoms with Gasteiger partial charge in [-0.25, -0.2) is 0 Å². The Labute approximate surface area is 107 Å². The molecule has 0 aliphatic rings. The van der Waals surface area contributed by atoms with Crippen molar-refractivity contribution in [3.63, 3.8) is 0 Å². The van der Waals surface area contributed by atoms with E-state index in [1.165, 1.54) is 5.56 Å². The summed E-state index contributed by atoms with van der Waals surface area (Å²) in [7, 11) is 1.65. The Morgan fingerprint density at radius 1 is 1.44 bits per heavy atom. The quantitative estimate of drug-likeness (QED) is 0.796. The Kier molecular flexibility index (Phi) is 6.14. The van der Waals surface area contributed by atoms with E-state index in [4.69, 9.17) is 27.9 Å². The van der Waals surface area contributed by atoms with Crippen molar-refractivity contribution in [3.8, 4) is 0 Å². The summed E-state index contributed by atoms with van der Waals surface area (Å²) in [4.78, 5) is 0. The fourth-order valence-electron chi connectivity index (χ4n) is 1.40. The largest absolute Gasteiger partial charge is 0.383 e. The average Bonchev–Trinajstić information content (AvgIpc) is 2.22. The molecule has 16 heavy (non-hydrogen) atoms. The second-order valence-corrected chi connectivity index (χ2v) is 4.80. The number of halogens is 2. The molecule has 0 bridgehead atoms. The lowest BCUT2D eigenvalue weighted by Gasteiger charge is -2.10. The van der Waals surface area contributed by atoms with Crippen LogP contribution in [-0.4, -0.2) is 25.6 Å². The highest BCUT2D eigenvalue weighted by molar-refractivity contribution is 6.31. The fraction of sp³-hybridized carbons (Fsp3) is 0.500. The van der Waals surface area contributed by atoms with E-state index in [0.29, 0.717) is 13.2 Å². The normalized spacial score (nSPS) is 12.8. The molecule has 0 aliphatic heterocycles. The van der Waals surface area contributed by atoms with Crippen molar-refractivity contribution < 1.29 is 4.74 Å². The van der Waals surface area contributed by atoms with Crippen molar-refractivity contribution in [1.82, 2.24) is 5.32 Å². The predicted octanol–water partition coefficient (Wildman–Crippen LogP) is 2.99. The predicted molar refractivity (Wildman–Crippen MR) is 69.4 cm³/mol. The van der Waals surface area contributed by atoms with Crippen LogP contribution in [0.15, 0.2) is 18.2 Å². The zero-order chi connectivity index (χ0) is 12.0. The minimum Gasteiger partial charge on any atom is -0.383 e. The maximum atomic E-state index is 6.11. The fourth-order valence-corrected chi connectivity index (χ4v) is 1.94. The molecule has 1 aromatic rings. The third-order valence-electron chi connectivity index (χ3n) is 2.24. The van der Waals surface area contributed by atoms with Crippen molar-refractivity contribution in [3.05, 3.63) is 34.3 Å². The number of hydrogen-bond acceptors (Lipinski definition) is 2. The zero-order valence-corrected chi connectivity index (χ0v) is 11.1. The number of ether oxygens (including phenoxy) is 1. The lowest BCUT2D eigenvalue weighted by molar-refractivity contribution is 0.197. The van der Waals surface area contributed by atoms with Crippen LogP contribution in [0.25, 0.3) is 0 Å². The van der Waals surface area contributed by atoms with Crippen molar-refractivity contribution >= 4 is 23.2 Å².